The number of amides is 1. The molecule has 8 nitrogen and oxygen atoms in total. The van der Waals surface area contributed by atoms with Crippen LogP contribution in [0.4, 0.5) is 0 Å². The van der Waals surface area contributed by atoms with Gasteiger partial charge in [-0.05, 0) is 24.3 Å². The van der Waals surface area contributed by atoms with E-state index in [1.54, 1.807) is 17.0 Å². The average Bonchev–Trinajstić information content (AvgIpc) is 3.06. The molecule has 0 atom stereocenters. The third-order valence-corrected chi connectivity index (χ3v) is 7.78. The van der Waals surface area contributed by atoms with Gasteiger partial charge in [0.15, 0.2) is 5.16 Å². The minimum absolute atomic E-state index is 0.0328. The molecule has 3 rings (SSSR count). The summed E-state index contributed by atoms with van der Waals surface area (Å²) in [5.74, 6) is 1.09. The molecular weight excluding hydrogens is 422 g/mol. The lowest BCUT2D eigenvalue weighted by atomic mass is 10.3. The lowest BCUT2D eigenvalue weighted by Gasteiger charge is -2.34. The van der Waals surface area contributed by atoms with Gasteiger partial charge in [0.2, 0.25) is 15.9 Å². The molecule has 1 aliphatic heterocycles. The predicted octanol–water partition coefficient (Wildman–Crippen LogP) is 1.66. The Morgan fingerprint density at radius 3 is 2.36 bits per heavy atom. The van der Waals surface area contributed by atoms with Crippen molar-refractivity contribution in [1.82, 2.24) is 24.0 Å². The molecule has 1 aliphatic rings. The van der Waals surface area contributed by atoms with Gasteiger partial charge in [0.25, 0.3) is 0 Å². The molecule has 0 bridgehead atoms. The van der Waals surface area contributed by atoms with Crippen LogP contribution in [0, 0.1) is 0 Å². The molecular formula is C17H22ClN5O3S2. The molecule has 1 aromatic heterocycles. The molecule has 0 radical (unpaired) electrons. The van der Waals surface area contributed by atoms with Gasteiger partial charge in [-0.3, -0.25) is 4.79 Å². The Bertz CT molecular complexity index is 938. The predicted molar refractivity (Wildman–Crippen MR) is 108 cm³/mol. The zero-order valence-electron chi connectivity index (χ0n) is 15.7. The van der Waals surface area contributed by atoms with Crippen LogP contribution in [-0.2, 0) is 28.3 Å². The molecule has 2 heterocycles. The molecule has 1 saturated heterocycles. The number of hydrogen-bond donors (Lipinski definition) is 0. The second-order valence-electron chi connectivity index (χ2n) is 6.34. The lowest BCUT2D eigenvalue weighted by molar-refractivity contribution is -0.129. The van der Waals surface area contributed by atoms with Crippen molar-refractivity contribution in [3.05, 3.63) is 35.1 Å². The summed E-state index contributed by atoms with van der Waals surface area (Å²) in [4.78, 5) is 14.4. The van der Waals surface area contributed by atoms with E-state index in [0.29, 0.717) is 23.3 Å². The van der Waals surface area contributed by atoms with Crippen molar-refractivity contribution >= 4 is 39.3 Å². The van der Waals surface area contributed by atoms with E-state index in [-0.39, 0.29) is 29.6 Å². The Hall–Kier alpha value is -1.62. The Kier molecular flexibility index (Phi) is 6.64. The fraction of sp³-hybridized carbons (Fsp3) is 0.471. The van der Waals surface area contributed by atoms with Crippen LogP contribution in [0.25, 0.3) is 0 Å². The highest BCUT2D eigenvalue weighted by atomic mass is 35.5. The average molecular weight is 444 g/mol. The highest BCUT2D eigenvalue weighted by Crippen LogP contribution is 2.21. The normalized spacial score (nSPS) is 15.8. The number of carbonyl (C=O) groups is 1. The van der Waals surface area contributed by atoms with Crippen LogP contribution in [0.5, 0.6) is 0 Å². The van der Waals surface area contributed by atoms with Gasteiger partial charge in [-0.1, -0.05) is 30.3 Å². The monoisotopic (exact) mass is 443 g/mol. The summed E-state index contributed by atoms with van der Waals surface area (Å²) in [6.07, 6.45) is 0.780. The first-order chi connectivity index (χ1) is 13.3. The molecule has 28 heavy (non-hydrogen) atoms. The SMILES string of the molecule is CCc1nnc(SCC(=O)N2CCN(S(=O)(=O)c3ccc(Cl)cc3)CC2)n1C. The van der Waals surface area contributed by atoms with E-state index in [4.69, 9.17) is 11.6 Å². The number of aryl methyl sites for hydroxylation is 1. The van der Waals surface area contributed by atoms with E-state index >= 15 is 0 Å². The first kappa shape index (κ1) is 21.1. The van der Waals surface area contributed by atoms with Crippen LogP contribution in [0.15, 0.2) is 34.3 Å². The maximum absolute atomic E-state index is 12.7. The highest BCUT2D eigenvalue weighted by Gasteiger charge is 2.30. The summed E-state index contributed by atoms with van der Waals surface area (Å²) in [7, 11) is -1.70. The third kappa shape index (κ3) is 4.51. The molecule has 0 aliphatic carbocycles. The van der Waals surface area contributed by atoms with Crippen molar-refractivity contribution in [2.45, 2.75) is 23.4 Å². The number of halogens is 1. The molecule has 0 unspecified atom stereocenters. The van der Waals surface area contributed by atoms with Gasteiger partial charge in [-0.2, -0.15) is 4.31 Å². The summed E-state index contributed by atoms with van der Waals surface area (Å²) in [5, 5.41) is 9.37. The van der Waals surface area contributed by atoms with Gasteiger partial charge in [-0.25, -0.2) is 8.42 Å². The smallest absolute Gasteiger partial charge is 0.243 e. The first-order valence-electron chi connectivity index (χ1n) is 8.87. The van der Waals surface area contributed by atoms with Crippen molar-refractivity contribution in [2.24, 2.45) is 7.05 Å². The number of sulfonamides is 1. The minimum atomic E-state index is -3.58. The number of piperazine rings is 1. The largest absolute Gasteiger partial charge is 0.339 e. The van der Waals surface area contributed by atoms with Crippen LogP contribution in [0.1, 0.15) is 12.7 Å². The first-order valence-corrected chi connectivity index (χ1v) is 11.7. The minimum Gasteiger partial charge on any atom is -0.339 e. The molecule has 0 spiro atoms. The van der Waals surface area contributed by atoms with Crippen LogP contribution < -0.4 is 0 Å². The topological polar surface area (TPSA) is 88.4 Å². The molecule has 0 N–H and O–H groups in total. The summed E-state index contributed by atoms with van der Waals surface area (Å²) in [6, 6.07) is 6.11. The van der Waals surface area contributed by atoms with Gasteiger partial charge in [0.05, 0.1) is 10.6 Å². The van der Waals surface area contributed by atoms with E-state index in [2.05, 4.69) is 10.2 Å². The molecule has 1 fully saturated rings. The van der Waals surface area contributed by atoms with E-state index in [0.717, 1.165) is 12.2 Å². The fourth-order valence-electron chi connectivity index (χ4n) is 2.93. The van der Waals surface area contributed by atoms with E-state index < -0.39 is 10.0 Å². The maximum atomic E-state index is 12.7. The van der Waals surface area contributed by atoms with Crippen LogP contribution in [0.3, 0.4) is 0 Å². The molecule has 11 heteroatoms. The number of thioether (sulfide) groups is 1. The number of rotatable bonds is 6. The Labute approximate surface area is 173 Å². The van der Waals surface area contributed by atoms with Crippen LogP contribution in [0.2, 0.25) is 5.02 Å². The zero-order valence-corrected chi connectivity index (χ0v) is 18.1. The van der Waals surface area contributed by atoms with E-state index in [9.17, 15) is 13.2 Å². The van der Waals surface area contributed by atoms with Gasteiger partial charge in [-0.15, -0.1) is 10.2 Å². The molecule has 2 aromatic rings. The van der Waals surface area contributed by atoms with Gasteiger partial charge >= 0.3 is 0 Å². The quantitative estimate of drug-likeness (QED) is 0.631. The molecule has 152 valence electrons. The number of aromatic nitrogens is 3. The summed E-state index contributed by atoms with van der Waals surface area (Å²) < 4.78 is 28.7. The standard InChI is InChI=1S/C17H22ClN5O3S2/c1-3-15-19-20-17(21(15)2)27-12-16(24)22-8-10-23(11-9-22)28(25,26)14-6-4-13(18)5-7-14/h4-7H,3,8-12H2,1-2H3. The highest BCUT2D eigenvalue weighted by molar-refractivity contribution is 7.99. The summed E-state index contributed by atoms with van der Waals surface area (Å²) >= 11 is 7.17. The third-order valence-electron chi connectivity index (χ3n) is 4.61. The van der Waals surface area contributed by atoms with Crippen molar-refractivity contribution in [1.29, 1.82) is 0 Å². The number of carbonyl (C=O) groups excluding carboxylic acids is 1. The maximum Gasteiger partial charge on any atom is 0.243 e. The number of nitrogens with zero attached hydrogens (tertiary/aromatic N) is 5. The van der Waals surface area contributed by atoms with Gasteiger partial charge < -0.3 is 9.47 Å². The fourth-order valence-corrected chi connectivity index (χ4v) is 5.31. The molecule has 1 amide bonds. The Balaban J connectivity index is 1.55. The van der Waals surface area contributed by atoms with Crippen molar-refractivity contribution in [3.63, 3.8) is 0 Å². The summed E-state index contributed by atoms with van der Waals surface area (Å²) in [6.45, 7) is 3.27. The second kappa shape index (κ2) is 8.81. The van der Waals surface area contributed by atoms with E-state index in [1.165, 1.54) is 28.2 Å². The van der Waals surface area contributed by atoms with Crippen LogP contribution >= 0.6 is 23.4 Å². The van der Waals surface area contributed by atoms with Gasteiger partial charge in [0.1, 0.15) is 5.82 Å². The second-order valence-corrected chi connectivity index (χ2v) is 9.66. The van der Waals surface area contributed by atoms with Gasteiger partial charge in [0, 0.05) is 44.7 Å². The van der Waals surface area contributed by atoms with Crippen LogP contribution in [-0.4, -0.2) is 70.2 Å². The Morgan fingerprint density at radius 1 is 1.14 bits per heavy atom. The van der Waals surface area contributed by atoms with Crippen molar-refractivity contribution < 1.29 is 13.2 Å². The van der Waals surface area contributed by atoms with E-state index in [1.807, 2.05) is 18.5 Å². The summed E-state index contributed by atoms with van der Waals surface area (Å²) in [5.41, 5.74) is 0. The zero-order chi connectivity index (χ0) is 20.3. The lowest BCUT2D eigenvalue weighted by Crippen LogP contribution is -2.50. The molecule has 0 saturated carbocycles. The number of benzene rings is 1. The van der Waals surface area contributed by atoms with Crippen molar-refractivity contribution in [2.75, 3.05) is 31.9 Å². The van der Waals surface area contributed by atoms with Crippen molar-refractivity contribution in [3.8, 4) is 0 Å². The Morgan fingerprint density at radius 2 is 1.79 bits per heavy atom. The number of hydrogen-bond acceptors (Lipinski definition) is 6. The molecule has 1 aromatic carbocycles.